The van der Waals surface area contributed by atoms with Crippen molar-refractivity contribution in [2.75, 3.05) is 18.1 Å². The minimum atomic E-state index is -2.95. The van der Waals surface area contributed by atoms with Crippen LogP contribution >= 0.6 is 0 Å². The van der Waals surface area contributed by atoms with Gasteiger partial charge in [0, 0.05) is 23.1 Å². The Kier molecular flexibility index (Phi) is 6.20. The third-order valence-electron chi connectivity index (χ3n) is 3.62. The Morgan fingerprint density at radius 3 is 2.50 bits per heavy atom. The van der Waals surface area contributed by atoms with Crippen LogP contribution in [0, 0.1) is 13.8 Å². The van der Waals surface area contributed by atoms with Gasteiger partial charge in [0.15, 0.2) is 9.84 Å². The quantitative estimate of drug-likeness (QED) is 0.797. The molecular weight excluding hydrogens is 274 g/mol. The summed E-state index contributed by atoms with van der Waals surface area (Å²) in [6, 6.07) is 0.242. The van der Waals surface area contributed by atoms with Gasteiger partial charge in [0.1, 0.15) is 0 Å². The third-order valence-corrected chi connectivity index (χ3v) is 5.31. The van der Waals surface area contributed by atoms with Gasteiger partial charge < -0.3 is 5.32 Å². The first-order chi connectivity index (χ1) is 9.32. The van der Waals surface area contributed by atoms with Gasteiger partial charge in [0.25, 0.3) is 0 Å². The van der Waals surface area contributed by atoms with Gasteiger partial charge in [-0.2, -0.15) is 5.10 Å². The maximum Gasteiger partial charge on any atom is 0.151 e. The fourth-order valence-corrected chi connectivity index (χ4v) is 3.13. The molecule has 1 N–H and O–H groups in total. The molecule has 20 heavy (non-hydrogen) atoms. The fourth-order valence-electron chi connectivity index (χ4n) is 2.39. The lowest BCUT2D eigenvalue weighted by atomic mass is 10.1. The van der Waals surface area contributed by atoms with E-state index in [-0.39, 0.29) is 17.5 Å². The van der Waals surface area contributed by atoms with E-state index < -0.39 is 9.84 Å². The lowest BCUT2D eigenvalue weighted by Gasteiger charge is -2.14. The Morgan fingerprint density at radius 2 is 1.95 bits per heavy atom. The molecule has 1 rings (SSSR count). The third kappa shape index (κ3) is 4.31. The molecule has 116 valence electrons. The fraction of sp³-hybridized carbons (Fsp3) is 0.786. The molecule has 0 aliphatic carbocycles. The highest BCUT2D eigenvalue weighted by Crippen LogP contribution is 2.21. The number of aryl methyl sites for hydroxylation is 2. The summed E-state index contributed by atoms with van der Waals surface area (Å²) in [5.41, 5.74) is 3.23. The molecule has 0 radical (unpaired) electrons. The minimum absolute atomic E-state index is 0.154. The zero-order valence-electron chi connectivity index (χ0n) is 13.2. The molecule has 0 aliphatic rings. The van der Waals surface area contributed by atoms with E-state index in [4.69, 9.17) is 0 Å². The topological polar surface area (TPSA) is 64.0 Å². The molecule has 0 bridgehead atoms. The van der Waals surface area contributed by atoms with Crippen LogP contribution in [0.5, 0.6) is 0 Å². The summed E-state index contributed by atoms with van der Waals surface area (Å²) in [6.07, 6.45) is 1.09. The van der Waals surface area contributed by atoms with Crippen molar-refractivity contribution in [2.24, 2.45) is 0 Å². The second-order valence-corrected chi connectivity index (χ2v) is 7.69. The number of hydrogen-bond acceptors (Lipinski definition) is 4. The van der Waals surface area contributed by atoms with E-state index in [0.717, 1.165) is 24.4 Å². The first kappa shape index (κ1) is 17.2. The van der Waals surface area contributed by atoms with Crippen molar-refractivity contribution in [3.63, 3.8) is 0 Å². The molecule has 0 spiro atoms. The summed E-state index contributed by atoms with van der Waals surface area (Å²) in [4.78, 5) is 0. The van der Waals surface area contributed by atoms with Gasteiger partial charge in [0.05, 0.1) is 18.0 Å². The summed E-state index contributed by atoms with van der Waals surface area (Å²) in [7, 11) is -2.95. The highest BCUT2D eigenvalue weighted by atomic mass is 32.2. The number of aromatic nitrogens is 2. The zero-order chi connectivity index (χ0) is 15.3. The maximum atomic E-state index is 11.6. The average Bonchev–Trinajstić information content (AvgIpc) is 2.68. The molecule has 0 aromatic carbocycles. The number of nitrogens with one attached hydrogen (secondary N) is 1. The van der Waals surface area contributed by atoms with Crippen molar-refractivity contribution >= 4 is 9.84 Å². The summed E-state index contributed by atoms with van der Waals surface area (Å²) < 4.78 is 25.0. The molecule has 1 aromatic rings. The van der Waals surface area contributed by atoms with Crippen molar-refractivity contribution in [3.8, 4) is 0 Å². The Hall–Kier alpha value is -0.880. The first-order valence-corrected chi connectivity index (χ1v) is 9.12. The van der Waals surface area contributed by atoms with Crippen molar-refractivity contribution in [1.29, 1.82) is 0 Å². The van der Waals surface area contributed by atoms with Crippen LogP contribution in [0.4, 0.5) is 0 Å². The van der Waals surface area contributed by atoms with Crippen LogP contribution in [0.2, 0.25) is 0 Å². The molecule has 1 heterocycles. The van der Waals surface area contributed by atoms with Crippen LogP contribution in [0.25, 0.3) is 0 Å². The lowest BCUT2D eigenvalue weighted by Crippen LogP contribution is -2.21. The smallest absolute Gasteiger partial charge is 0.151 e. The normalized spacial score (nSPS) is 13.7. The molecule has 0 fully saturated rings. The standard InChI is InChI=1S/C14H27N3O2S/c1-6-8-15-11(3)14-12(4)16-17(13(14)5)9-10-20(18,19)7-2/h11,15H,6-10H2,1-5H3. The van der Waals surface area contributed by atoms with Gasteiger partial charge in [-0.1, -0.05) is 13.8 Å². The molecule has 0 saturated carbocycles. The van der Waals surface area contributed by atoms with Crippen LogP contribution in [0.3, 0.4) is 0 Å². The number of sulfone groups is 1. The van der Waals surface area contributed by atoms with E-state index >= 15 is 0 Å². The average molecular weight is 301 g/mol. The maximum absolute atomic E-state index is 11.6. The Morgan fingerprint density at radius 1 is 1.30 bits per heavy atom. The van der Waals surface area contributed by atoms with Gasteiger partial charge in [-0.05, 0) is 33.7 Å². The second-order valence-electron chi connectivity index (χ2n) is 5.22. The van der Waals surface area contributed by atoms with E-state index in [1.807, 2.05) is 18.5 Å². The van der Waals surface area contributed by atoms with Crippen molar-refractivity contribution < 1.29 is 8.42 Å². The molecule has 1 unspecified atom stereocenters. The van der Waals surface area contributed by atoms with Crippen LogP contribution < -0.4 is 5.32 Å². The number of hydrogen-bond donors (Lipinski definition) is 1. The zero-order valence-corrected chi connectivity index (χ0v) is 14.0. The van der Waals surface area contributed by atoms with Crippen molar-refractivity contribution in [1.82, 2.24) is 15.1 Å². The van der Waals surface area contributed by atoms with E-state index in [9.17, 15) is 8.42 Å². The van der Waals surface area contributed by atoms with Crippen LogP contribution in [0.1, 0.15) is 50.2 Å². The molecule has 0 amide bonds. The molecular formula is C14H27N3O2S. The summed E-state index contributed by atoms with van der Waals surface area (Å²) >= 11 is 0. The Balaban J connectivity index is 2.86. The predicted octanol–water partition coefficient (Wildman–Crippen LogP) is 2.00. The summed E-state index contributed by atoms with van der Waals surface area (Å²) in [5.74, 6) is 0.343. The number of rotatable bonds is 8. The molecule has 1 atom stereocenters. The van der Waals surface area contributed by atoms with Crippen LogP contribution in [-0.2, 0) is 16.4 Å². The molecule has 6 heteroatoms. The van der Waals surface area contributed by atoms with E-state index in [1.165, 1.54) is 5.56 Å². The molecule has 0 saturated heterocycles. The molecule has 0 aliphatic heterocycles. The first-order valence-electron chi connectivity index (χ1n) is 7.30. The van der Waals surface area contributed by atoms with Gasteiger partial charge in [-0.3, -0.25) is 4.68 Å². The predicted molar refractivity (Wildman–Crippen MR) is 82.7 cm³/mol. The van der Waals surface area contributed by atoms with E-state index in [1.54, 1.807) is 6.92 Å². The lowest BCUT2D eigenvalue weighted by molar-refractivity contribution is 0.561. The van der Waals surface area contributed by atoms with Crippen LogP contribution in [0.15, 0.2) is 0 Å². The Labute approximate surface area is 122 Å². The van der Waals surface area contributed by atoms with Crippen molar-refractivity contribution in [2.45, 2.75) is 53.6 Å². The van der Waals surface area contributed by atoms with E-state index in [0.29, 0.717) is 6.54 Å². The van der Waals surface area contributed by atoms with Gasteiger partial charge in [-0.25, -0.2) is 8.42 Å². The van der Waals surface area contributed by atoms with Crippen molar-refractivity contribution in [3.05, 3.63) is 17.0 Å². The van der Waals surface area contributed by atoms with Gasteiger partial charge in [0.2, 0.25) is 0 Å². The summed E-state index contributed by atoms with van der Waals surface area (Å²) in [6.45, 7) is 11.3. The Bertz CT molecular complexity index is 535. The van der Waals surface area contributed by atoms with Gasteiger partial charge >= 0.3 is 0 Å². The SMILES string of the molecule is CCCNC(C)c1c(C)nn(CCS(=O)(=O)CC)c1C. The van der Waals surface area contributed by atoms with E-state index in [2.05, 4.69) is 24.3 Å². The largest absolute Gasteiger partial charge is 0.310 e. The highest BCUT2D eigenvalue weighted by Gasteiger charge is 2.18. The molecule has 5 nitrogen and oxygen atoms in total. The van der Waals surface area contributed by atoms with Gasteiger partial charge in [-0.15, -0.1) is 0 Å². The second kappa shape index (κ2) is 7.22. The monoisotopic (exact) mass is 301 g/mol. The number of nitrogens with zero attached hydrogens (tertiary/aromatic N) is 2. The van der Waals surface area contributed by atoms with Crippen LogP contribution in [-0.4, -0.2) is 36.2 Å². The minimum Gasteiger partial charge on any atom is -0.310 e. The summed E-state index contributed by atoms with van der Waals surface area (Å²) in [5, 5.41) is 7.94. The molecule has 1 aromatic heterocycles. The highest BCUT2D eigenvalue weighted by molar-refractivity contribution is 7.91.